The summed E-state index contributed by atoms with van der Waals surface area (Å²) in [6.07, 6.45) is 0.303. The predicted molar refractivity (Wildman–Crippen MR) is 70.4 cm³/mol. The van der Waals surface area contributed by atoms with E-state index in [1.165, 1.54) is 7.11 Å². The van der Waals surface area contributed by atoms with E-state index in [1.54, 1.807) is 30.3 Å². The first kappa shape index (κ1) is 14.7. The molecule has 1 aromatic heterocycles. The molecule has 1 heterocycles. The zero-order valence-electron chi connectivity index (χ0n) is 10.9. The maximum atomic E-state index is 11.3. The van der Waals surface area contributed by atoms with Crippen molar-refractivity contribution in [1.82, 2.24) is 10.2 Å². The van der Waals surface area contributed by atoms with Gasteiger partial charge in [0, 0.05) is 30.4 Å². The zero-order valence-corrected chi connectivity index (χ0v) is 11.7. The van der Waals surface area contributed by atoms with Crippen molar-refractivity contribution in [1.29, 1.82) is 0 Å². The molecule has 1 amide bonds. The average Bonchev–Trinajstić information content (AvgIpc) is 2.76. The topological polar surface area (TPSA) is 58.6 Å². The number of carbonyl (C=O) groups excluding carboxylic acids is 2. The van der Waals surface area contributed by atoms with Crippen LogP contribution in [0.4, 0.5) is 0 Å². The summed E-state index contributed by atoms with van der Waals surface area (Å²) in [6.45, 7) is 0.947. The molecule has 0 aliphatic rings. The number of esters is 1. The Morgan fingerprint density at radius 1 is 1.33 bits per heavy atom. The molecule has 1 rings (SSSR count). The number of nitrogens with one attached hydrogen (secondary N) is 1. The molecule has 0 unspecified atom stereocenters. The number of ether oxygens (including phenoxy) is 1. The third kappa shape index (κ3) is 4.85. The summed E-state index contributed by atoms with van der Waals surface area (Å²) < 4.78 is 4.60. The number of thiophene rings is 1. The van der Waals surface area contributed by atoms with Crippen LogP contribution < -0.4 is 5.32 Å². The lowest BCUT2D eigenvalue weighted by atomic mass is 10.3. The second-order valence-electron chi connectivity index (χ2n) is 4.01. The van der Waals surface area contributed by atoms with E-state index in [1.807, 2.05) is 12.1 Å². The summed E-state index contributed by atoms with van der Waals surface area (Å²) in [7, 11) is 4.83. The van der Waals surface area contributed by atoms with Gasteiger partial charge in [0.25, 0.3) is 0 Å². The summed E-state index contributed by atoms with van der Waals surface area (Å²) >= 11 is 1.55. The number of hydrogen-bond acceptors (Lipinski definition) is 5. The molecule has 0 aromatic carbocycles. The van der Waals surface area contributed by atoms with E-state index in [9.17, 15) is 9.59 Å². The average molecular weight is 270 g/mol. The molecular weight excluding hydrogens is 252 g/mol. The van der Waals surface area contributed by atoms with Crippen LogP contribution in [-0.4, -0.2) is 44.5 Å². The standard InChI is InChI=1S/C12H18N2O3S/c1-14(2)11(15)8-13-7-10-5-4-9(18-10)6-12(16)17-3/h4-5,13H,6-8H2,1-3H3. The molecule has 0 aliphatic carbocycles. The summed E-state index contributed by atoms with van der Waals surface area (Å²) in [6, 6.07) is 3.86. The fourth-order valence-electron chi connectivity index (χ4n) is 1.28. The minimum absolute atomic E-state index is 0.0429. The molecule has 6 heteroatoms. The first-order valence-corrected chi connectivity index (χ1v) is 6.40. The summed E-state index contributed by atoms with van der Waals surface area (Å²) in [5.41, 5.74) is 0. The van der Waals surface area contributed by atoms with Gasteiger partial charge in [0.2, 0.25) is 5.91 Å². The lowest BCUT2D eigenvalue weighted by Gasteiger charge is -2.10. The largest absolute Gasteiger partial charge is 0.469 e. The summed E-state index contributed by atoms with van der Waals surface area (Å²) in [4.78, 5) is 26.0. The monoisotopic (exact) mass is 270 g/mol. The third-order valence-corrected chi connectivity index (χ3v) is 3.42. The minimum atomic E-state index is -0.237. The third-order valence-electron chi connectivity index (χ3n) is 2.34. The number of likely N-dealkylation sites (N-methyl/N-ethyl adjacent to an activating group) is 1. The van der Waals surface area contributed by atoms with Crippen LogP contribution in [0.2, 0.25) is 0 Å². The van der Waals surface area contributed by atoms with E-state index in [2.05, 4.69) is 10.1 Å². The van der Waals surface area contributed by atoms with Crippen LogP contribution in [0.3, 0.4) is 0 Å². The maximum Gasteiger partial charge on any atom is 0.310 e. The Labute approximate surface area is 111 Å². The smallest absolute Gasteiger partial charge is 0.310 e. The Balaban J connectivity index is 2.35. The molecule has 0 saturated heterocycles. The van der Waals surface area contributed by atoms with Crippen LogP contribution >= 0.6 is 11.3 Å². The van der Waals surface area contributed by atoms with Gasteiger partial charge in [-0.25, -0.2) is 0 Å². The van der Waals surface area contributed by atoms with Gasteiger partial charge in [-0.05, 0) is 12.1 Å². The molecule has 1 N–H and O–H groups in total. The number of nitrogens with zero attached hydrogens (tertiary/aromatic N) is 1. The van der Waals surface area contributed by atoms with Crippen LogP contribution in [0, 0.1) is 0 Å². The Bertz CT molecular complexity index is 415. The molecule has 1 aromatic rings. The van der Waals surface area contributed by atoms with Gasteiger partial charge < -0.3 is 15.0 Å². The molecule has 100 valence electrons. The molecule has 0 atom stereocenters. The van der Waals surface area contributed by atoms with E-state index < -0.39 is 0 Å². The van der Waals surface area contributed by atoms with E-state index in [-0.39, 0.29) is 11.9 Å². The molecule has 0 bridgehead atoms. The second-order valence-corrected chi connectivity index (χ2v) is 5.27. The van der Waals surface area contributed by atoms with E-state index in [4.69, 9.17) is 0 Å². The molecule has 0 aliphatic heterocycles. The van der Waals surface area contributed by atoms with Crippen molar-refractivity contribution < 1.29 is 14.3 Å². The molecule has 0 radical (unpaired) electrons. The number of carbonyl (C=O) groups is 2. The number of amides is 1. The van der Waals surface area contributed by atoms with Crippen LogP contribution in [0.5, 0.6) is 0 Å². The van der Waals surface area contributed by atoms with Crippen molar-refractivity contribution in [3.8, 4) is 0 Å². The van der Waals surface area contributed by atoms with Crippen LogP contribution in [-0.2, 0) is 27.3 Å². The van der Waals surface area contributed by atoms with Crippen molar-refractivity contribution >= 4 is 23.2 Å². The van der Waals surface area contributed by atoms with Crippen molar-refractivity contribution in [3.05, 3.63) is 21.9 Å². The van der Waals surface area contributed by atoms with Gasteiger partial charge in [-0.3, -0.25) is 9.59 Å². The highest BCUT2D eigenvalue weighted by molar-refractivity contribution is 7.12. The predicted octanol–water partition coefficient (Wildman–Crippen LogP) is 0.641. The van der Waals surface area contributed by atoms with Crippen LogP contribution in [0.25, 0.3) is 0 Å². The van der Waals surface area contributed by atoms with Gasteiger partial charge in [0.05, 0.1) is 20.1 Å². The minimum Gasteiger partial charge on any atom is -0.469 e. The first-order chi connectivity index (χ1) is 8.52. The Kier molecular flexibility index (Phi) is 5.80. The van der Waals surface area contributed by atoms with Gasteiger partial charge in [-0.1, -0.05) is 0 Å². The number of hydrogen-bond donors (Lipinski definition) is 1. The maximum absolute atomic E-state index is 11.3. The Morgan fingerprint density at radius 3 is 2.61 bits per heavy atom. The molecule has 0 fully saturated rings. The normalized spacial score (nSPS) is 10.2. The molecule has 0 spiro atoms. The Hall–Kier alpha value is -1.40. The van der Waals surface area contributed by atoms with Crippen LogP contribution in [0.15, 0.2) is 12.1 Å². The van der Waals surface area contributed by atoms with E-state index in [0.717, 1.165) is 9.75 Å². The van der Waals surface area contributed by atoms with Crippen molar-refractivity contribution in [3.63, 3.8) is 0 Å². The quantitative estimate of drug-likeness (QED) is 0.771. The van der Waals surface area contributed by atoms with Gasteiger partial charge in [0.1, 0.15) is 0 Å². The van der Waals surface area contributed by atoms with Gasteiger partial charge in [-0.15, -0.1) is 11.3 Å². The molecular formula is C12H18N2O3S. The number of rotatable bonds is 6. The Morgan fingerprint density at radius 2 is 2.00 bits per heavy atom. The molecule has 18 heavy (non-hydrogen) atoms. The first-order valence-electron chi connectivity index (χ1n) is 5.58. The van der Waals surface area contributed by atoms with Gasteiger partial charge in [0.15, 0.2) is 0 Å². The second kappa shape index (κ2) is 7.13. The lowest BCUT2D eigenvalue weighted by molar-refractivity contribution is -0.139. The van der Waals surface area contributed by atoms with Gasteiger partial charge >= 0.3 is 5.97 Å². The number of methoxy groups -OCH3 is 1. The fourth-order valence-corrected chi connectivity index (χ4v) is 2.25. The SMILES string of the molecule is COC(=O)Cc1ccc(CNCC(=O)N(C)C)s1. The van der Waals surface area contributed by atoms with Crippen molar-refractivity contribution in [2.24, 2.45) is 0 Å². The highest BCUT2D eigenvalue weighted by Crippen LogP contribution is 2.17. The molecule has 0 saturated carbocycles. The highest BCUT2D eigenvalue weighted by Gasteiger charge is 2.07. The van der Waals surface area contributed by atoms with E-state index >= 15 is 0 Å². The van der Waals surface area contributed by atoms with Crippen LogP contribution in [0.1, 0.15) is 9.75 Å². The van der Waals surface area contributed by atoms with Crippen molar-refractivity contribution in [2.75, 3.05) is 27.7 Å². The summed E-state index contributed by atoms with van der Waals surface area (Å²) in [5, 5.41) is 3.07. The molecule has 5 nitrogen and oxygen atoms in total. The van der Waals surface area contributed by atoms with Crippen molar-refractivity contribution in [2.45, 2.75) is 13.0 Å². The summed E-state index contributed by atoms with van der Waals surface area (Å²) in [5.74, 6) is -0.194. The fraction of sp³-hybridized carbons (Fsp3) is 0.500. The highest BCUT2D eigenvalue weighted by atomic mass is 32.1. The lowest BCUT2D eigenvalue weighted by Crippen LogP contribution is -2.32. The van der Waals surface area contributed by atoms with Gasteiger partial charge in [-0.2, -0.15) is 0 Å². The van der Waals surface area contributed by atoms with E-state index in [0.29, 0.717) is 19.5 Å². The zero-order chi connectivity index (χ0) is 13.5.